The van der Waals surface area contributed by atoms with Crippen LogP contribution in [0, 0.1) is 0 Å². The quantitative estimate of drug-likeness (QED) is 0.433. The van der Waals surface area contributed by atoms with Crippen molar-refractivity contribution < 1.29 is 14.3 Å². The first-order valence-electron chi connectivity index (χ1n) is 6.69. The fourth-order valence-electron chi connectivity index (χ4n) is 2.07. The number of nitrogens with one attached hydrogen (secondary N) is 1. The van der Waals surface area contributed by atoms with Gasteiger partial charge in [0.2, 0.25) is 5.69 Å². The standard InChI is InChI=1S/C16H13N3O3/c20-15-11-19(18-22-15)14-9-5-4-8-13(14)16(21)17-10-12-6-2-1-3-7-12/h1-9,11H,10H2,(H-,17,18,20,21). The summed E-state index contributed by atoms with van der Waals surface area (Å²) in [6, 6.07) is 16.4. The van der Waals surface area contributed by atoms with E-state index < -0.39 is 5.63 Å². The maximum absolute atomic E-state index is 12.3. The van der Waals surface area contributed by atoms with Gasteiger partial charge in [0.15, 0.2) is 0 Å². The summed E-state index contributed by atoms with van der Waals surface area (Å²) in [6.07, 6.45) is 1.23. The van der Waals surface area contributed by atoms with Gasteiger partial charge in [0.25, 0.3) is 6.20 Å². The van der Waals surface area contributed by atoms with E-state index in [0.717, 1.165) is 5.56 Å². The third kappa shape index (κ3) is 2.95. The Morgan fingerprint density at radius 2 is 1.86 bits per heavy atom. The van der Waals surface area contributed by atoms with Gasteiger partial charge in [0, 0.05) is 6.07 Å². The van der Waals surface area contributed by atoms with E-state index in [-0.39, 0.29) is 5.90 Å². The van der Waals surface area contributed by atoms with Crippen LogP contribution in [-0.2, 0) is 6.54 Å². The van der Waals surface area contributed by atoms with E-state index in [1.807, 2.05) is 30.3 Å². The number of rotatable bonds is 4. The Balaban J connectivity index is 1.93. The van der Waals surface area contributed by atoms with Crippen molar-refractivity contribution in [2.24, 2.45) is 4.99 Å². The number of hydrogen-bond donors (Lipinski definition) is 1. The van der Waals surface area contributed by atoms with Crippen LogP contribution in [0.4, 0.5) is 0 Å². The van der Waals surface area contributed by atoms with Gasteiger partial charge in [-0.15, -0.1) is 0 Å². The molecule has 1 heterocycles. The molecule has 1 N–H and O–H groups in total. The molecular formula is C16H13N3O3. The van der Waals surface area contributed by atoms with Gasteiger partial charge in [-0.05, 0) is 27.5 Å². The van der Waals surface area contributed by atoms with Crippen LogP contribution in [0.15, 0.2) is 75.1 Å². The lowest BCUT2D eigenvalue weighted by atomic mass is 10.1. The maximum atomic E-state index is 12.3. The predicted molar refractivity (Wildman–Crippen MR) is 77.5 cm³/mol. The zero-order chi connectivity index (χ0) is 15.4. The van der Waals surface area contributed by atoms with Crippen LogP contribution in [0.1, 0.15) is 11.1 Å². The van der Waals surface area contributed by atoms with E-state index in [1.54, 1.807) is 24.3 Å². The molecule has 6 nitrogen and oxygen atoms in total. The molecule has 0 bridgehead atoms. The van der Waals surface area contributed by atoms with Crippen molar-refractivity contribution in [2.75, 3.05) is 0 Å². The van der Waals surface area contributed by atoms with Gasteiger partial charge in [0.05, 0.1) is 12.1 Å². The molecule has 110 valence electrons. The average molecular weight is 295 g/mol. The van der Waals surface area contributed by atoms with E-state index in [1.165, 1.54) is 10.9 Å². The second-order valence-corrected chi connectivity index (χ2v) is 4.64. The highest BCUT2D eigenvalue weighted by atomic mass is 16.5. The summed E-state index contributed by atoms with van der Waals surface area (Å²) in [6.45, 7) is 0.306. The van der Waals surface area contributed by atoms with Gasteiger partial charge in [-0.2, -0.15) is 0 Å². The van der Waals surface area contributed by atoms with Gasteiger partial charge in [-0.3, -0.25) is 9.52 Å². The molecule has 0 unspecified atom stereocenters. The maximum Gasteiger partial charge on any atom is 0.427 e. The fourth-order valence-corrected chi connectivity index (χ4v) is 2.07. The predicted octanol–water partition coefficient (Wildman–Crippen LogP) is 0.552. The molecule has 1 aromatic heterocycles. The monoisotopic (exact) mass is 295 g/mol. The van der Waals surface area contributed by atoms with Crippen LogP contribution in [0.5, 0.6) is 0 Å². The lowest BCUT2D eigenvalue weighted by Gasteiger charge is -2.11. The SMILES string of the molecule is O=c1c[n+](-c2ccccc2C([O-])=NCc2ccccc2)[nH]o1. The van der Waals surface area contributed by atoms with Crippen LogP contribution >= 0.6 is 0 Å². The molecule has 6 heteroatoms. The van der Waals surface area contributed by atoms with Crippen LogP contribution in [0.25, 0.3) is 5.69 Å². The van der Waals surface area contributed by atoms with Gasteiger partial charge < -0.3 is 5.11 Å². The summed E-state index contributed by atoms with van der Waals surface area (Å²) in [5, 5.41) is 14.7. The Hall–Kier alpha value is -3.15. The molecule has 3 aromatic rings. The van der Waals surface area contributed by atoms with Gasteiger partial charge in [-0.25, -0.2) is 4.79 Å². The minimum atomic E-state index is -0.525. The topological polar surface area (TPSA) is 85.3 Å². The molecule has 0 aliphatic carbocycles. The normalized spacial score (nSPS) is 11.5. The van der Waals surface area contributed by atoms with Crippen molar-refractivity contribution in [1.82, 2.24) is 5.27 Å². The Labute approximate surface area is 125 Å². The molecule has 22 heavy (non-hydrogen) atoms. The Bertz CT molecular complexity index is 850. The summed E-state index contributed by atoms with van der Waals surface area (Å²) < 4.78 is 5.98. The van der Waals surface area contributed by atoms with E-state index in [0.29, 0.717) is 17.8 Å². The minimum Gasteiger partial charge on any atom is -0.858 e. The largest absolute Gasteiger partial charge is 0.858 e. The lowest BCUT2D eigenvalue weighted by Crippen LogP contribution is -2.36. The molecular weight excluding hydrogens is 282 g/mol. The van der Waals surface area contributed by atoms with Crippen LogP contribution in [-0.4, -0.2) is 11.2 Å². The fraction of sp³-hybridized carbons (Fsp3) is 0.0625. The van der Waals surface area contributed by atoms with E-state index in [2.05, 4.69) is 14.8 Å². The van der Waals surface area contributed by atoms with Crippen molar-refractivity contribution in [3.63, 3.8) is 0 Å². The third-order valence-electron chi connectivity index (χ3n) is 3.12. The molecule has 3 rings (SSSR count). The molecule has 0 saturated carbocycles. The van der Waals surface area contributed by atoms with Crippen LogP contribution in [0.3, 0.4) is 0 Å². The van der Waals surface area contributed by atoms with E-state index in [4.69, 9.17) is 0 Å². The average Bonchev–Trinajstić information content (AvgIpc) is 3.00. The summed E-state index contributed by atoms with van der Waals surface area (Å²) >= 11 is 0. The zero-order valence-corrected chi connectivity index (χ0v) is 11.6. The molecule has 0 saturated heterocycles. The first-order chi connectivity index (χ1) is 10.7. The first kappa shape index (κ1) is 13.8. The third-order valence-corrected chi connectivity index (χ3v) is 3.12. The molecule has 0 aliphatic rings. The first-order valence-corrected chi connectivity index (χ1v) is 6.69. The number of para-hydroxylation sites is 1. The smallest absolute Gasteiger partial charge is 0.427 e. The number of aromatic nitrogens is 2. The van der Waals surface area contributed by atoms with Crippen molar-refractivity contribution in [3.05, 3.63) is 82.3 Å². The molecule has 2 aromatic carbocycles. The van der Waals surface area contributed by atoms with Crippen molar-refractivity contribution in [3.8, 4) is 5.69 Å². The summed E-state index contributed by atoms with van der Waals surface area (Å²) in [7, 11) is 0. The van der Waals surface area contributed by atoms with Gasteiger partial charge in [0.1, 0.15) is 0 Å². The summed E-state index contributed by atoms with van der Waals surface area (Å²) in [4.78, 5) is 15.2. The van der Waals surface area contributed by atoms with Gasteiger partial charge in [-0.1, -0.05) is 42.5 Å². The van der Waals surface area contributed by atoms with Crippen molar-refractivity contribution in [1.29, 1.82) is 0 Å². The highest BCUT2D eigenvalue weighted by Gasteiger charge is 2.15. The van der Waals surface area contributed by atoms with Gasteiger partial charge >= 0.3 is 5.63 Å². The molecule has 0 amide bonds. The van der Waals surface area contributed by atoms with E-state index in [9.17, 15) is 9.90 Å². The number of H-pyrrole nitrogens is 1. The molecule has 0 fully saturated rings. The van der Waals surface area contributed by atoms with Crippen LogP contribution < -0.4 is 15.4 Å². The number of aliphatic imine (C=N–C) groups is 1. The second kappa shape index (κ2) is 6.09. The number of benzene rings is 2. The molecule has 0 radical (unpaired) electrons. The lowest BCUT2D eigenvalue weighted by molar-refractivity contribution is -0.670. The second-order valence-electron chi connectivity index (χ2n) is 4.64. The van der Waals surface area contributed by atoms with E-state index >= 15 is 0 Å². The minimum absolute atomic E-state index is 0.306. The summed E-state index contributed by atoms with van der Waals surface area (Å²) in [5.41, 5.74) is 1.33. The number of aromatic amines is 1. The Kier molecular flexibility index (Phi) is 3.82. The van der Waals surface area contributed by atoms with Crippen molar-refractivity contribution in [2.45, 2.75) is 6.54 Å². The highest BCUT2D eigenvalue weighted by molar-refractivity contribution is 5.93. The van der Waals surface area contributed by atoms with Crippen molar-refractivity contribution >= 4 is 5.90 Å². The number of nitrogens with zero attached hydrogens (tertiary/aromatic N) is 2. The molecule has 0 spiro atoms. The molecule has 0 atom stereocenters. The Morgan fingerprint density at radius 3 is 2.59 bits per heavy atom. The zero-order valence-electron chi connectivity index (χ0n) is 11.6. The van der Waals surface area contributed by atoms with Crippen LogP contribution in [0.2, 0.25) is 0 Å². The number of hydrogen-bond acceptors (Lipinski definition) is 4. The summed E-state index contributed by atoms with van der Waals surface area (Å²) in [5.74, 6) is -0.353. The Morgan fingerprint density at radius 1 is 1.14 bits per heavy atom. The molecule has 0 aliphatic heterocycles. The highest BCUT2D eigenvalue weighted by Crippen LogP contribution is 2.08.